The van der Waals surface area contributed by atoms with Gasteiger partial charge in [-0.15, -0.1) is 0 Å². The van der Waals surface area contributed by atoms with E-state index < -0.39 is 12.0 Å². The lowest BCUT2D eigenvalue weighted by Gasteiger charge is -2.32. The summed E-state index contributed by atoms with van der Waals surface area (Å²) in [4.78, 5) is 17.3. The highest BCUT2D eigenvalue weighted by molar-refractivity contribution is 5.74. The molecule has 4 nitrogen and oxygen atoms in total. The van der Waals surface area contributed by atoms with Crippen molar-refractivity contribution in [2.75, 3.05) is 20.7 Å². The zero-order valence-electron chi connectivity index (χ0n) is 14.7. The summed E-state index contributed by atoms with van der Waals surface area (Å²) in [6.07, 6.45) is 4.43. The van der Waals surface area contributed by atoms with Gasteiger partial charge in [-0.25, -0.2) is 9.63 Å². The highest BCUT2D eigenvalue weighted by Crippen LogP contribution is 2.26. The predicted molar refractivity (Wildman–Crippen MR) is 90.4 cm³/mol. The number of likely N-dealkylation sites (N-methyl/N-ethyl adjacent to an activating group) is 1. The molecule has 0 radical (unpaired) electrons. The molecule has 0 bridgehead atoms. The zero-order chi connectivity index (χ0) is 17.0. The van der Waals surface area contributed by atoms with Crippen molar-refractivity contribution >= 4 is 5.97 Å². The Balaban J connectivity index is 0.00000135. The molecule has 22 heavy (non-hydrogen) atoms. The average Bonchev–Trinajstić information content (AvgIpc) is 2.45. The highest BCUT2D eigenvalue weighted by atomic mass is 16.7. The molecule has 1 aromatic carbocycles. The molecule has 1 N–H and O–H groups in total. The summed E-state index contributed by atoms with van der Waals surface area (Å²) in [5.41, 5.74) is 0.760. The number of quaternary nitrogens is 1. The second-order valence-electron chi connectivity index (χ2n) is 5.83. The van der Waals surface area contributed by atoms with Crippen LogP contribution in [-0.4, -0.2) is 36.4 Å². The molecule has 1 unspecified atom stereocenters. The van der Waals surface area contributed by atoms with Gasteiger partial charge in [-0.3, -0.25) is 0 Å². The van der Waals surface area contributed by atoms with E-state index in [0.717, 1.165) is 24.8 Å². The number of carbonyl (C=O) groups is 1. The third-order valence-electron chi connectivity index (χ3n) is 3.14. The van der Waals surface area contributed by atoms with Crippen LogP contribution in [0.4, 0.5) is 0 Å². The molecule has 4 heteroatoms. The van der Waals surface area contributed by atoms with Gasteiger partial charge < -0.3 is 5.11 Å². The number of carboxylic acids is 1. The van der Waals surface area contributed by atoms with Crippen molar-refractivity contribution in [1.29, 1.82) is 0 Å². The SMILES string of the molecule is CCC.CCCCCO[N+](C)(C)C(C(=O)O)c1ccccc1. The summed E-state index contributed by atoms with van der Waals surface area (Å²) in [7, 11) is 3.58. The summed E-state index contributed by atoms with van der Waals surface area (Å²) in [6.45, 7) is 6.96. The first kappa shape index (κ1) is 20.6. The monoisotopic (exact) mass is 310 g/mol. The molecule has 126 valence electrons. The van der Waals surface area contributed by atoms with Crippen LogP contribution in [0.2, 0.25) is 0 Å². The van der Waals surface area contributed by atoms with Crippen LogP contribution in [0.15, 0.2) is 30.3 Å². The van der Waals surface area contributed by atoms with Crippen LogP contribution in [-0.2, 0) is 9.63 Å². The lowest BCUT2D eigenvalue weighted by atomic mass is 10.1. The van der Waals surface area contributed by atoms with E-state index >= 15 is 0 Å². The normalized spacial score (nSPS) is 12.2. The smallest absolute Gasteiger partial charge is 0.370 e. The first-order chi connectivity index (χ1) is 10.4. The Morgan fingerprint density at radius 1 is 1.14 bits per heavy atom. The molecular formula is C18H32NO3+. The lowest BCUT2D eigenvalue weighted by molar-refractivity contribution is -1.09. The van der Waals surface area contributed by atoms with Crippen molar-refractivity contribution < 1.29 is 19.4 Å². The molecule has 0 amide bonds. The average molecular weight is 310 g/mol. The first-order valence-corrected chi connectivity index (χ1v) is 8.16. The van der Waals surface area contributed by atoms with Crippen LogP contribution in [0.1, 0.15) is 58.1 Å². The fraction of sp³-hybridized carbons (Fsp3) is 0.611. The third kappa shape index (κ3) is 7.57. The van der Waals surface area contributed by atoms with Gasteiger partial charge in [-0.1, -0.05) is 70.4 Å². The van der Waals surface area contributed by atoms with Gasteiger partial charge in [0.1, 0.15) is 6.61 Å². The van der Waals surface area contributed by atoms with Crippen molar-refractivity contribution in [3.8, 4) is 0 Å². The van der Waals surface area contributed by atoms with Gasteiger partial charge in [0.25, 0.3) is 0 Å². The lowest BCUT2D eigenvalue weighted by Crippen LogP contribution is -2.46. The number of unbranched alkanes of at least 4 members (excludes halogenated alkanes) is 2. The van der Waals surface area contributed by atoms with E-state index in [4.69, 9.17) is 4.84 Å². The molecule has 1 aromatic rings. The molecule has 0 spiro atoms. The minimum Gasteiger partial charge on any atom is -0.476 e. The van der Waals surface area contributed by atoms with E-state index in [1.54, 1.807) is 14.1 Å². The molecule has 0 aliphatic heterocycles. The van der Waals surface area contributed by atoms with E-state index in [1.165, 1.54) is 6.42 Å². The van der Waals surface area contributed by atoms with Crippen molar-refractivity contribution in [3.05, 3.63) is 35.9 Å². The summed E-state index contributed by atoms with van der Waals surface area (Å²) >= 11 is 0. The summed E-state index contributed by atoms with van der Waals surface area (Å²) in [5.74, 6) is -0.869. The van der Waals surface area contributed by atoms with Crippen molar-refractivity contribution in [1.82, 2.24) is 0 Å². The Morgan fingerprint density at radius 2 is 1.68 bits per heavy atom. The van der Waals surface area contributed by atoms with Gasteiger partial charge in [0.15, 0.2) is 0 Å². The largest absolute Gasteiger partial charge is 0.476 e. The Hall–Kier alpha value is -1.39. The van der Waals surface area contributed by atoms with Crippen LogP contribution in [0, 0.1) is 0 Å². The molecule has 0 aliphatic carbocycles. The van der Waals surface area contributed by atoms with Crippen LogP contribution in [0.3, 0.4) is 0 Å². The van der Waals surface area contributed by atoms with Gasteiger partial charge in [-0.05, 0) is 6.42 Å². The standard InChI is InChI=1S/C15H23NO3.C3H8/c1-4-5-9-12-19-16(2,3)14(15(17)18)13-10-7-6-8-11-13;1-3-2/h6-8,10-11,14H,4-5,9,12H2,1-3H3;3H2,1-2H3/p+1. The predicted octanol–water partition coefficient (Wildman–Crippen LogP) is 4.43. The Kier molecular flexibility index (Phi) is 10.5. The molecule has 0 saturated heterocycles. The number of nitrogens with zero attached hydrogens (tertiary/aromatic N) is 1. The molecule has 1 atom stereocenters. The molecule has 0 fully saturated rings. The number of benzene rings is 1. The molecule has 0 heterocycles. The second-order valence-corrected chi connectivity index (χ2v) is 5.83. The fourth-order valence-corrected chi connectivity index (χ4v) is 2.13. The maximum Gasteiger partial charge on any atom is 0.370 e. The number of aliphatic carboxylic acids is 1. The van der Waals surface area contributed by atoms with Gasteiger partial charge in [-0.2, -0.15) is 4.65 Å². The summed E-state index contributed by atoms with van der Waals surface area (Å²) in [6, 6.07) is 8.53. The number of hydrogen-bond acceptors (Lipinski definition) is 2. The minimum atomic E-state index is -0.869. The molecule has 0 saturated carbocycles. The van der Waals surface area contributed by atoms with E-state index in [1.807, 2.05) is 30.3 Å². The quantitative estimate of drug-likeness (QED) is 0.439. The topological polar surface area (TPSA) is 46.5 Å². The van der Waals surface area contributed by atoms with Gasteiger partial charge in [0.05, 0.1) is 14.1 Å². The summed E-state index contributed by atoms with van der Waals surface area (Å²) in [5, 5.41) is 9.47. The van der Waals surface area contributed by atoms with Crippen molar-refractivity contribution in [3.63, 3.8) is 0 Å². The van der Waals surface area contributed by atoms with E-state index in [2.05, 4.69) is 20.8 Å². The number of rotatable bonds is 8. The molecule has 0 aliphatic rings. The number of hydroxylamine groups is 3. The first-order valence-electron chi connectivity index (χ1n) is 8.16. The van der Waals surface area contributed by atoms with Gasteiger partial charge in [0.2, 0.25) is 6.04 Å². The Labute approximate surface area is 135 Å². The van der Waals surface area contributed by atoms with E-state index in [-0.39, 0.29) is 4.65 Å². The fourth-order valence-electron chi connectivity index (χ4n) is 2.13. The van der Waals surface area contributed by atoms with Crippen LogP contribution in [0.25, 0.3) is 0 Å². The maximum absolute atomic E-state index is 11.5. The van der Waals surface area contributed by atoms with E-state index in [9.17, 15) is 9.90 Å². The van der Waals surface area contributed by atoms with Crippen LogP contribution >= 0.6 is 0 Å². The molecular weight excluding hydrogens is 278 g/mol. The van der Waals surface area contributed by atoms with Gasteiger partial charge >= 0.3 is 5.97 Å². The number of carboxylic acid groups (broad SMARTS) is 1. The highest BCUT2D eigenvalue weighted by Gasteiger charge is 2.38. The van der Waals surface area contributed by atoms with Crippen LogP contribution in [0.5, 0.6) is 0 Å². The summed E-state index contributed by atoms with van der Waals surface area (Å²) < 4.78 is 0.00304. The molecule has 1 rings (SSSR count). The third-order valence-corrected chi connectivity index (χ3v) is 3.14. The Bertz CT molecular complexity index is 404. The van der Waals surface area contributed by atoms with Crippen molar-refractivity contribution in [2.45, 2.75) is 52.5 Å². The molecule has 0 aromatic heterocycles. The van der Waals surface area contributed by atoms with Crippen LogP contribution < -0.4 is 0 Å². The van der Waals surface area contributed by atoms with E-state index in [0.29, 0.717) is 6.61 Å². The maximum atomic E-state index is 11.5. The Morgan fingerprint density at radius 3 is 2.14 bits per heavy atom. The zero-order valence-corrected chi connectivity index (χ0v) is 14.7. The minimum absolute atomic E-state index is 0.00304. The number of hydrogen-bond donors (Lipinski definition) is 1. The van der Waals surface area contributed by atoms with Crippen molar-refractivity contribution in [2.24, 2.45) is 0 Å². The van der Waals surface area contributed by atoms with Gasteiger partial charge in [0, 0.05) is 5.56 Å². The second kappa shape index (κ2) is 11.2.